The average molecular weight is 184 g/mol. The van der Waals surface area contributed by atoms with Crippen molar-refractivity contribution in [3.63, 3.8) is 0 Å². The minimum absolute atomic E-state index is 0.0169. The number of halogens is 1. The molecule has 1 aromatic rings. The largest absolute Gasteiger partial charge is 0.395 e. The quantitative estimate of drug-likeness (QED) is 0.723. The standard InChI is InChI=1S/C9H13FN2O/c1-7(6-13)12-4-8-2-9(10)5-11-3-8/h2-3,5,7,12-13H,4,6H2,1H3. The molecule has 0 aliphatic heterocycles. The highest BCUT2D eigenvalue weighted by Gasteiger charge is 1.99. The summed E-state index contributed by atoms with van der Waals surface area (Å²) in [7, 11) is 0. The molecular weight excluding hydrogens is 171 g/mol. The Balaban J connectivity index is 2.45. The van der Waals surface area contributed by atoms with Crippen molar-refractivity contribution in [3.05, 3.63) is 29.8 Å². The van der Waals surface area contributed by atoms with E-state index in [4.69, 9.17) is 5.11 Å². The van der Waals surface area contributed by atoms with Crippen LogP contribution in [0.15, 0.2) is 18.5 Å². The fraction of sp³-hybridized carbons (Fsp3) is 0.444. The van der Waals surface area contributed by atoms with Crippen LogP contribution >= 0.6 is 0 Å². The zero-order chi connectivity index (χ0) is 9.68. The number of hydrogen-bond acceptors (Lipinski definition) is 3. The Bertz CT molecular complexity index is 268. The van der Waals surface area contributed by atoms with E-state index >= 15 is 0 Å². The highest BCUT2D eigenvalue weighted by Crippen LogP contribution is 2.00. The minimum atomic E-state index is -0.337. The molecule has 13 heavy (non-hydrogen) atoms. The molecule has 72 valence electrons. The summed E-state index contributed by atoms with van der Waals surface area (Å²) in [4.78, 5) is 3.71. The lowest BCUT2D eigenvalue weighted by atomic mass is 10.2. The van der Waals surface area contributed by atoms with Gasteiger partial charge in [0.15, 0.2) is 0 Å². The molecule has 4 heteroatoms. The van der Waals surface area contributed by atoms with Gasteiger partial charge in [0.1, 0.15) is 5.82 Å². The molecule has 1 aromatic heterocycles. The van der Waals surface area contributed by atoms with Crippen molar-refractivity contribution in [2.75, 3.05) is 6.61 Å². The molecule has 1 unspecified atom stereocenters. The summed E-state index contributed by atoms with van der Waals surface area (Å²) >= 11 is 0. The van der Waals surface area contributed by atoms with E-state index in [1.807, 2.05) is 6.92 Å². The van der Waals surface area contributed by atoms with Crippen molar-refractivity contribution in [3.8, 4) is 0 Å². The third-order valence-electron chi connectivity index (χ3n) is 1.69. The first-order valence-electron chi connectivity index (χ1n) is 4.16. The van der Waals surface area contributed by atoms with Gasteiger partial charge < -0.3 is 10.4 Å². The van der Waals surface area contributed by atoms with Gasteiger partial charge in [-0.05, 0) is 18.6 Å². The molecule has 1 atom stereocenters. The molecule has 0 bridgehead atoms. The molecular formula is C9H13FN2O. The smallest absolute Gasteiger partial charge is 0.141 e. The van der Waals surface area contributed by atoms with Gasteiger partial charge in [-0.2, -0.15) is 0 Å². The SMILES string of the molecule is CC(CO)NCc1cncc(F)c1. The van der Waals surface area contributed by atoms with Crippen LogP contribution in [0, 0.1) is 5.82 Å². The van der Waals surface area contributed by atoms with Crippen molar-refractivity contribution in [2.24, 2.45) is 0 Å². The molecule has 0 fully saturated rings. The average Bonchev–Trinajstić information content (AvgIpc) is 2.14. The van der Waals surface area contributed by atoms with Crippen molar-refractivity contribution in [1.82, 2.24) is 10.3 Å². The fourth-order valence-corrected chi connectivity index (χ4v) is 0.909. The first kappa shape index (κ1) is 10.1. The Labute approximate surface area is 76.6 Å². The topological polar surface area (TPSA) is 45.1 Å². The zero-order valence-electron chi connectivity index (χ0n) is 7.50. The van der Waals surface area contributed by atoms with Gasteiger partial charge >= 0.3 is 0 Å². The number of aliphatic hydroxyl groups is 1. The Hall–Kier alpha value is -1.00. The summed E-state index contributed by atoms with van der Waals surface area (Å²) in [5, 5.41) is 11.7. The lowest BCUT2D eigenvalue weighted by molar-refractivity contribution is 0.251. The van der Waals surface area contributed by atoms with Gasteiger partial charge in [0.05, 0.1) is 12.8 Å². The first-order valence-corrected chi connectivity index (χ1v) is 4.16. The van der Waals surface area contributed by atoms with Crippen molar-refractivity contribution in [2.45, 2.75) is 19.5 Å². The number of nitrogens with one attached hydrogen (secondary N) is 1. The maximum absolute atomic E-state index is 12.6. The predicted molar refractivity (Wildman–Crippen MR) is 47.6 cm³/mol. The van der Waals surface area contributed by atoms with Crippen LogP contribution in [0.25, 0.3) is 0 Å². The van der Waals surface area contributed by atoms with Gasteiger partial charge in [0.25, 0.3) is 0 Å². The molecule has 0 amide bonds. The Morgan fingerprint density at radius 2 is 2.38 bits per heavy atom. The molecule has 0 saturated carbocycles. The lowest BCUT2D eigenvalue weighted by Crippen LogP contribution is -2.28. The normalized spacial score (nSPS) is 12.8. The Morgan fingerprint density at radius 3 is 3.00 bits per heavy atom. The maximum Gasteiger partial charge on any atom is 0.141 e. The number of rotatable bonds is 4. The highest BCUT2D eigenvalue weighted by atomic mass is 19.1. The fourth-order valence-electron chi connectivity index (χ4n) is 0.909. The van der Waals surface area contributed by atoms with Crippen LogP contribution in [-0.4, -0.2) is 22.7 Å². The summed E-state index contributed by atoms with van der Waals surface area (Å²) in [5.74, 6) is -0.337. The minimum Gasteiger partial charge on any atom is -0.395 e. The number of nitrogens with zero attached hydrogens (tertiary/aromatic N) is 1. The van der Waals surface area contributed by atoms with Crippen LogP contribution in [0.2, 0.25) is 0 Å². The van der Waals surface area contributed by atoms with E-state index in [1.54, 1.807) is 6.20 Å². The number of pyridine rings is 1. The zero-order valence-corrected chi connectivity index (χ0v) is 7.50. The van der Waals surface area contributed by atoms with Crippen molar-refractivity contribution < 1.29 is 9.50 Å². The number of hydrogen-bond donors (Lipinski definition) is 2. The van der Waals surface area contributed by atoms with Gasteiger partial charge in [-0.1, -0.05) is 0 Å². The lowest BCUT2D eigenvalue weighted by Gasteiger charge is -2.09. The van der Waals surface area contributed by atoms with E-state index in [2.05, 4.69) is 10.3 Å². The van der Waals surface area contributed by atoms with Gasteiger partial charge in [-0.25, -0.2) is 4.39 Å². The molecule has 1 rings (SSSR count). The summed E-state index contributed by atoms with van der Waals surface area (Å²) in [6.45, 7) is 2.45. The monoisotopic (exact) mass is 184 g/mol. The highest BCUT2D eigenvalue weighted by molar-refractivity contribution is 5.09. The van der Waals surface area contributed by atoms with Gasteiger partial charge in [0.2, 0.25) is 0 Å². The molecule has 3 nitrogen and oxygen atoms in total. The van der Waals surface area contributed by atoms with Crippen molar-refractivity contribution in [1.29, 1.82) is 0 Å². The third kappa shape index (κ3) is 3.48. The summed E-state index contributed by atoms with van der Waals surface area (Å²) in [6.07, 6.45) is 2.76. The second kappa shape index (κ2) is 4.89. The molecule has 0 radical (unpaired) electrons. The van der Waals surface area contributed by atoms with E-state index in [1.165, 1.54) is 12.3 Å². The Kier molecular flexibility index (Phi) is 3.79. The van der Waals surface area contributed by atoms with Crippen LogP contribution in [0.3, 0.4) is 0 Å². The summed E-state index contributed by atoms with van der Waals surface area (Å²) in [6, 6.07) is 1.44. The predicted octanol–water partition coefficient (Wildman–Crippen LogP) is 0.691. The molecule has 0 spiro atoms. The number of aromatic nitrogens is 1. The van der Waals surface area contributed by atoms with Gasteiger partial charge in [0, 0.05) is 18.8 Å². The van der Waals surface area contributed by atoms with Crippen LogP contribution in [0.4, 0.5) is 4.39 Å². The molecule has 0 aliphatic carbocycles. The second-order valence-corrected chi connectivity index (χ2v) is 2.98. The second-order valence-electron chi connectivity index (χ2n) is 2.98. The summed E-state index contributed by atoms with van der Waals surface area (Å²) < 4.78 is 12.6. The van der Waals surface area contributed by atoms with Crippen LogP contribution in [0.1, 0.15) is 12.5 Å². The van der Waals surface area contributed by atoms with Gasteiger partial charge in [-0.3, -0.25) is 4.98 Å². The molecule has 0 saturated heterocycles. The van der Waals surface area contributed by atoms with Gasteiger partial charge in [-0.15, -0.1) is 0 Å². The van der Waals surface area contributed by atoms with E-state index in [0.717, 1.165) is 5.56 Å². The van der Waals surface area contributed by atoms with E-state index in [9.17, 15) is 4.39 Å². The van der Waals surface area contributed by atoms with Crippen LogP contribution in [0.5, 0.6) is 0 Å². The molecule has 0 aromatic carbocycles. The van der Waals surface area contributed by atoms with E-state index in [-0.39, 0.29) is 18.5 Å². The maximum atomic E-state index is 12.6. The van der Waals surface area contributed by atoms with E-state index < -0.39 is 0 Å². The Morgan fingerprint density at radius 1 is 1.62 bits per heavy atom. The molecule has 2 N–H and O–H groups in total. The molecule has 0 aliphatic rings. The van der Waals surface area contributed by atoms with Crippen molar-refractivity contribution >= 4 is 0 Å². The summed E-state index contributed by atoms with van der Waals surface area (Å²) in [5.41, 5.74) is 0.778. The van der Waals surface area contributed by atoms with Crippen LogP contribution in [-0.2, 0) is 6.54 Å². The van der Waals surface area contributed by atoms with E-state index in [0.29, 0.717) is 6.54 Å². The number of aliphatic hydroxyl groups excluding tert-OH is 1. The third-order valence-corrected chi connectivity index (χ3v) is 1.69. The first-order chi connectivity index (χ1) is 6.22. The van der Waals surface area contributed by atoms with Crippen LogP contribution < -0.4 is 5.32 Å². The molecule has 1 heterocycles.